The van der Waals surface area contributed by atoms with Crippen LogP contribution in [-0.2, 0) is 0 Å². The van der Waals surface area contributed by atoms with Gasteiger partial charge in [-0.2, -0.15) is 0 Å². The summed E-state index contributed by atoms with van der Waals surface area (Å²) in [4.78, 5) is 14.1. The first kappa shape index (κ1) is 15.4. The van der Waals surface area contributed by atoms with Gasteiger partial charge >= 0.3 is 0 Å². The molecule has 1 amide bonds. The highest BCUT2D eigenvalue weighted by molar-refractivity contribution is 9.12. The lowest BCUT2D eigenvalue weighted by Crippen LogP contribution is -2.51. The Labute approximate surface area is 128 Å². The molecule has 1 N–H and O–H groups in total. The molecule has 1 aromatic rings. The predicted molar refractivity (Wildman–Crippen MR) is 80.3 cm³/mol. The van der Waals surface area contributed by atoms with Gasteiger partial charge in [0.1, 0.15) is 0 Å². The second-order valence-electron chi connectivity index (χ2n) is 3.84. The van der Waals surface area contributed by atoms with Crippen LogP contribution in [0.2, 0.25) is 0 Å². The number of hydrogen-bond acceptors (Lipinski definition) is 3. The van der Waals surface area contributed by atoms with Crippen molar-refractivity contribution in [2.24, 2.45) is 0 Å². The highest BCUT2D eigenvalue weighted by Crippen LogP contribution is 2.32. The van der Waals surface area contributed by atoms with E-state index in [9.17, 15) is 4.79 Å². The van der Waals surface area contributed by atoms with E-state index in [1.54, 1.807) is 0 Å². The minimum Gasteiger partial charge on any atom is -0.336 e. The Hall–Kier alpha value is 0.380. The number of halogens is 3. The van der Waals surface area contributed by atoms with Crippen LogP contribution in [0.4, 0.5) is 0 Å². The van der Waals surface area contributed by atoms with Gasteiger partial charge in [-0.25, -0.2) is 0 Å². The lowest BCUT2D eigenvalue weighted by Gasteiger charge is -2.31. The summed E-state index contributed by atoms with van der Waals surface area (Å²) in [5, 5.41) is 3.33. The molecule has 0 bridgehead atoms. The van der Waals surface area contributed by atoms with Crippen molar-refractivity contribution in [3.8, 4) is 0 Å². The Morgan fingerprint density at radius 3 is 2.82 bits per heavy atom. The van der Waals surface area contributed by atoms with Gasteiger partial charge in [0, 0.05) is 25.7 Å². The van der Waals surface area contributed by atoms with E-state index in [1.807, 2.05) is 11.0 Å². The van der Waals surface area contributed by atoms with E-state index in [0.29, 0.717) is 6.04 Å². The van der Waals surface area contributed by atoms with Gasteiger partial charge in [0.05, 0.1) is 13.1 Å². The molecule has 2 heterocycles. The molecule has 1 atom stereocenters. The van der Waals surface area contributed by atoms with Crippen LogP contribution < -0.4 is 5.32 Å². The standard InChI is InChI=1S/C10H12Br2N2OS.ClH/c1-6-5-14(3-2-13-6)10(15)7-4-8(11)16-9(7)12;/h4,6,13H,2-3,5H2,1H3;1H/t6-;/m0./s1. The van der Waals surface area contributed by atoms with E-state index in [2.05, 4.69) is 44.1 Å². The molecule has 1 fully saturated rings. The second-order valence-corrected chi connectivity index (χ2v) is 7.59. The third kappa shape index (κ3) is 3.67. The quantitative estimate of drug-likeness (QED) is 0.780. The maximum atomic E-state index is 12.2. The van der Waals surface area contributed by atoms with Gasteiger partial charge in [-0.15, -0.1) is 23.7 Å². The van der Waals surface area contributed by atoms with Crippen molar-refractivity contribution < 1.29 is 4.79 Å². The summed E-state index contributed by atoms with van der Waals surface area (Å²) in [5.74, 6) is 0.113. The van der Waals surface area contributed by atoms with Crippen molar-refractivity contribution >= 4 is 61.5 Å². The molecule has 2 rings (SSSR count). The number of hydrogen-bond donors (Lipinski definition) is 1. The summed E-state index contributed by atoms with van der Waals surface area (Å²) < 4.78 is 1.88. The molecule has 17 heavy (non-hydrogen) atoms. The Morgan fingerprint density at radius 2 is 2.29 bits per heavy atom. The number of nitrogens with one attached hydrogen (secondary N) is 1. The van der Waals surface area contributed by atoms with E-state index >= 15 is 0 Å². The topological polar surface area (TPSA) is 32.3 Å². The van der Waals surface area contributed by atoms with E-state index in [-0.39, 0.29) is 18.3 Å². The fourth-order valence-electron chi connectivity index (χ4n) is 1.77. The Morgan fingerprint density at radius 1 is 1.59 bits per heavy atom. The Bertz CT molecular complexity index is 413. The lowest BCUT2D eigenvalue weighted by molar-refractivity contribution is 0.0709. The molecule has 3 nitrogen and oxygen atoms in total. The van der Waals surface area contributed by atoms with Gasteiger partial charge in [0.15, 0.2) is 0 Å². The summed E-state index contributed by atoms with van der Waals surface area (Å²) in [6.45, 7) is 4.52. The van der Waals surface area contributed by atoms with Crippen LogP contribution in [0.25, 0.3) is 0 Å². The van der Waals surface area contributed by atoms with Crippen LogP contribution in [0.3, 0.4) is 0 Å². The van der Waals surface area contributed by atoms with Crippen LogP contribution in [0.15, 0.2) is 13.6 Å². The number of piperazine rings is 1. The Balaban J connectivity index is 0.00000144. The molecular weight excluding hydrogens is 391 g/mol. The number of rotatable bonds is 1. The highest BCUT2D eigenvalue weighted by Gasteiger charge is 2.24. The summed E-state index contributed by atoms with van der Waals surface area (Å²) in [6.07, 6.45) is 0. The maximum absolute atomic E-state index is 12.2. The van der Waals surface area contributed by atoms with E-state index in [4.69, 9.17) is 0 Å². The van der Waals surface area contributed by atoms with Crippen molar-refractivity contribution in [2.45, 2.75) is 13.0 Å². The number of thiophene rings is 1. The molecule has 1 aliphatic heterocycles. The first-order chi connectivity index (χ1) is 7.58. The molecule has 0 aromatic carbocycles. The van der Waals surface area contributed by atoms with Crippen LogP contribution in [0.1, 0.15) is 17.3 Å². The molecule has 0 unspecified atom stereocenters. The molecule has 96 valence electrons. The monoisotopic (exact) mass is 402 g/mol. The van der Waals surface area contributed by atoms with Crippen LogP contribution in [0, 0.1) is 0 Å². The number of nitrogens with zero attached hydrogens (tertiary/aromatic N) is 1. The minimum atomic E-state index is 0. The summed E-state index contributed by atoms with van der Waals surface area (Å²) in [5.41, 5.74) is 0.756. The predicted octanol–water partition coefficient (Wildman–Crippen LogP) is 3.13. The van der Waals surface area contributed by atoms with Gasteiger partial charge in [-0.1, -0.05) is 0 Å². The average Bonchev–Trinajstić information content (AvgIpc) is 2.57. The van der Waals surface area contributed by atoms with Gasteiger partial charge in [-0.05, 0) is 44.8 Å². The number of amides is 1. The molecule has 1 aromatic heterocycles. The highest BCUT2D eigenvalue weighted by atomic mass is 79.9. The average molecular weight is 405 g/mol. The van der Waals surface area contributed by atoms with Crippen molar-refractivity contribution in [1.29, 1.82) is 0 Å². The smallest absolute Gasteiger partial charge is 0.256 e. The molecule has 1 saturated heterocycles. The third-order valence-corrected chi connectivity index (χ3v) is 4.88. The first-order valence-corrected chi connectivity index (χ1v) is 7.45. The molecule has 0 spiro atoms. The molecule has 0 radical (unpaired) electrons. The fraction of sp³-hybridized carbons (Fsp3) is 0.500. The molecule has 0 saturated carbocycles. The molecule has 7 heteroatoms. The van der Waals surface area contributed by atoms with E-state index in [0.717, 1.165) is 32.8 Å². The zero-order valence-corrected chi connectivity index (χ0v) is 14.0. The maximum Gasteiger partial charge on any atom is 0.256 e. The lowest BCUT2D eigenvalue weighted by atomic mass is 10.2. The van der Waals surface area contributed by atoms with Gasteiger partial charge in [-0.3, -0.25) is 4.79 Å². The molecule has 1 aliphatic rings. The van der Waals surface area contributed by atoms with E-state index in [1.165, 1.54) is 11.3 Å². The van der Waals surface area contributed by atoms with Gasteiger partial charge in [0.25, 0.3) is 5.91 Å². The van der Waals surface area contributed by atoms with E-state index < -0.39 is 0 Å². The zero-order valence-electron chi connectivity index (χ0n) is 9.20. The van der Waals surface area contributed by atoms with Crippen molar-refractivity contribution in [3.05, 3.63) is 19.2 Å². The third-order valence-electron chi connectivity index (χ3n) is 2.54. The van der Waals surface area contributed by atoms with Gasteiger partial charge in [0.2, 0.25) is 0 Å². The van der Waals surface area contributed by atoms with Crippen molar-refractivity contribution in [1.82, 2.24) is 10.2 Å². The van der Waals surface area contributed by atoms with Crippen LogP contribution in [-0.4, -0.2) is 36.5 Å². The van der Waals surface area contributed by atoms with Crippen molar-refractivity contribution in [2.75, 3.05) is 19.6 Å². The SMILES string of the molecule is C[C@H]1CN(C(=O)c2cc(Br)sc2Br)CCN1.Cl. The van der Waals surface area contributed by atoms with Crippen LogP contribution in [0.5, 0.6) is 0 Å². The summed E-state index contributed by atoms with van der Waals surface area (Å²) in [6, 6.07) is 2.25. The first-order valence-electron chi connectivity index (χ1n) is 5.05. The number of carbonyl (C=O) groups excluding carboxylic acids is 1. The van der Waals surface area contributed by atoms with Crippen molar-refractivity contribution in [3.63, 3.8) is 0 Å². The second kappa shape index (κ2) is 6.52. The normalized spacial score (nSPS) is 19.9. The minimum absolute atomic E-state index is 0. The molecular formula is C10H13Br2ClN2OS. The van der Waals surface area contributed by atoms with Crippen LogP contribution >= 0.6 is 55.6 Å². The fourth-order valence-corrected chi connectivity index (χ4v) is 4.55. The largest absolute Gasteiger partial charge is 0.336 e. The number of carbonyl (C=O) groups is 1. The zero-order chi connectivity index (χ0) is 11.7. The van der Waals surface area contributed by atoms with Gasteiger partial charge < -0.3 is 10.2 Å². The molecule has 0 aliphatic carbocycles. The summed E-state index contributed by atoms with van der Waals surface area (Å²) in [7, 11) is 0. The summed E-state index contributed by atoms with van der Waals surface area (Å²) >= 11 is 8.35. The Kier molecular flexibility index (Phi) is 5.92.